The maximum absolute atomic E-state index is 12.9. The number of amides is 1. The average molecular weight is 341 g/mol. The maximum Gasteiger partial charge on any atom is 0.254 e. The third-order valence-electron chi connectivity index (χ3n) is 4.66. The van der Waals surface area contributed by atoms with E-state index >= 15 is 0 Å². The van der Waals surface area contributed by atoms with E-state index in [1.165, 1.54) is 5.56 Å². The van der Waals surface area contributed by atoms with Crippen molar-refractivity contribution < 1.29 is 19.0 Å². The molecule has 5 nitrogen and oxygen atoms in total. The van der Waals surface area contributed by atoms with E-state index in [0.29, 0.717) is 29.5 Å². The standard InChI is InChI=1S/C20H23NO4/c1-23-17-6-4-14(5-7-17)15-8-9-21(13-15)20(22)16-10-18(24-2)12-19(11-16)25-3/h4-7,10-12,15H,8-9,13H2,1-3H3/t15-/m1/s1. The molecule has 1 saturated heterocycles. The zero-order valence-electron chi connectivity index (χ0n) is 14.8. The molecule has 25 heavy (non-hydrogen) atoms. The molecule has 3 rings (SSSR count). The molecule has 1 aliphatic rings. The first-order valence-corrected chi connectivity index (χ1v) is 8.31. The molecule has 2 aromatic rings. The Morgan fingerprint density at radius 2 is 1.52 bits per heavy atom. The van der Waals surface area contributed by atoms with Gasteiger partial charge in [0.25, 0.3) is 5.91 Å². The van der Waals surface area contributed by atoms with Crippen molar-refractivity contribution in [1.82, 2.24) is 4.90 Å². The van der Waals surface area contributed by atoms with Gasteiger partial charge in [0.1, 0.15) is 17.2 Å². The summed E-state index contributed by atoms with van der Waals surface area (Å²) in [5, 5.41) is 0. The number of methoxy groups -OCH3 is 3. The highest BCUT2D eigenvalue weighted by Gasteiger charge is 2.28. The molecule has 1 fully saturated rings. The fraction of sp³-hybridized carbons (Fsp3) is 0.350. The molecular formula is C20H23NO4. The van der Waals surface area contributed by atoms with Crippen LogP contribution in [0.15, 0.2) is 42.5 Å². The summed E-state index contributed by atoms with van der Waals surface area (Å²) < 4.78 is 15.7. The first-order chi connectivity index (χ1) is 12.1. The highest BCUT2D eigenvalue weighted by Crippen LogP contribution is 2.30. The molecule has 1 heterocycles. The lowest BCUT2D eigenvalue weighted by Crippen LogP contribution is -2.28. The zero-order valence-corrected chi connectivity index (χ0v) is 14.8. The minimum absolute atomic E-state index is 0.00760. The minimum Gasteiger partial charge on any atom is -0.497 e. The number of carbonyl (C=O) groups excluding carboxylic acids is 1. The number of nitrogens with zero attached hydrogens (tertiary/aromatic N) is 1. The van der Waals surface area contributed by atoms with Gasteiger partial charge in [-0.05, 0) is 36.2 Å². The van der Waals surface area contributed by atoms with Crippen LogP contribution in [-0.4, -0.2) is 45.2 Å². The van der Waals surface area contributed by atoms with Crippen LogP contribution >= 0.6 is 0 Å². The van der Waals surface area contributed by atoms with Crippen molar-refractivity contribution in [3.8, 4) is 17.2 Å². The second-order valence-electron chi connectivity index (χ2n) is 6.11. The number of ether oxygens (including phenoxy) is 3. The Hall–Kier alpha value is -2.69. The molecule has 0 radical (unpaired) electrons. The van der Waals surface area contributed by atoms with Crippen LogP contribution in [0.4, 0.5) is 0 Å². The number of carbonyl (C=O) groups is 1. The lowest BCUT2D eigenvalue weighted by Gasteiger charge is -2.18. The quantitative estimate of drug-likeness (QED) is 0.837. The molecular weight excluding hydrogens is 318 g/mol. The highest BCUT2D eigenvalue weighted by atomic mass is 16.5. The summed E-state index contributed by atoms with van der Waals surface area (Å²) >= 11 is 0. The van der Waals surface area contributed by atoms with E-state index in [1.54, 1.807) is 39.5 Å². The monoisotopic (exact) mass is 341 g/mol. The summed E-state index contributed by atoms with van der Waals surface area (Å²) in [6, 6.07) is 13.4. The Labute approximate surface area is 148 Å². The van der Waals surface area contributed by atoms with Crippen molar-refractivity contribution in [1.29, 1.82) is 0 Å². The molecule has 1 aliphatic heterocycles. The molecule has 1 amide bonds. The summed E-state index contributed by atoms with van der Waals surface area (Å²) in [5.41, 5.74) is 1.82. The van der Waals surface area contributed by atoms with Crippen LogP contribution < -0.4 is 14.2 Å². The molecule has 0 aromatic heterocycles. The number of benzene rings is 2. The molecule has 5 heteroatoms. The third kappa shape index (κ3) is 3.71. The molecule has 0 unspecified atom stereocenters. The van der Waals surface area contributed by atoms with Gasteiger partial charge in [-0.15, -0.1) is 0 Å². The van der Waals surface area contributed by atoms with Crippen molar-refractivity contribution in [2.75, 3.05) is 34.4 Å². The number of likely N-dealkylation sites (tertiary alicyclic amines) is 1. The van der Waals surface area contributed by atoms with Crippen LogP contribution in [0.1, 0.15) is 28.3 Å². The maximum atomic E-state index is 12.9. The van der Waals surface area contributed by atoms with Crippen molar-refractivity contribution in [2.24, 2.45) is 0 Å². The summed E-state index contributed by atoms with van der Waals surface area (Å²) in [6.07, 6.45) is 0.958. The summed E-state index contributed by atoms with van der Waals surface area (Å²) in [7, 11) is 4.82. The summed E-state index contributed by atoms with van der Waals surface area (Å²) in [5.74, 6) is 2.44. The van der Waals surface area contributed by atoms with Gasteiger partial charge < -0.3 is 19.1 Å². The first kappa shape index (κ1) is 17.1. The third-order valence-corrected chi connectivity index (χ3v) is 4.66. The molecule has 132 valence electrons. The fourth-order valence-corrected chi connectivity index (χ4v) is 3.21. The SMILES string of the molecule is COc1ccc([C@@H]2CCN(C(=O)c3cc(OC)cc(OC)c3)C2)cc1. The van der Waals surface area contributed by atoms with Gasteiger partial charge in [0.05, 0.1) is 21.3 Å². The van der Waals surface area contributed by atoms with Crippen LogP contribution in [0.25, 0.3) is 0 Å². The van der Waals surface area contributed by atoms with Crippen molar-refractivity contribution >= 4 is 5.91 Å². The van der Waals surface area contributed by atoms with Crippen LogP contribution in [-0.2, 0) is 0 Å². The minimum atomic E-state index is 0.00760. The Kier molecular flexibility index (Phi) is 5.12. The van der Waals surface area contributed by atoms with Crippen LogP contribution in [0.2, 0.25) is 0 Å². The van der Waals surface area contributed by atoms with Crippen molar-refractivity contribution in [3.63, 3.8) is 0 Å². The van der Waals surface area contributed by atoms with Gasteiger partial charge in [0, 0.05) is 30.6 Å². The van der Waals surface area contributed by atoms with E-state index in [9.17, 15) is 4.79 Å². The molecule has 2 aromatic carbocycles. The second kappa shape index (κ2) is 7.47. The summed E-state index contributed by atoms with van der Waals surface area (Å²) in [4.78, 5) is 14.7. The molecule has 0 saturated carbocycles. The lowest BCUT2D eigenvalue weighted by atomic mass is 9.98. The van der Waals surface area contributed by atoms with Gasteiger partial charge in [0.15, 0.2) is 0 Å². The number of hydrogen-bond donors (Lipinski definition) is 0. The Morgan fingerprint density at radius 1 is 0.920 bits per heavy atom. The van der Waals surface area contributed by atoms with Crippen LogP contribution in [0.5, 0.6) is 17.2 Å². The predicted molar refractivity (Wildman–Crippen MR) is 95.8 cm³/mol. The smallest absolute Gasteiger partial charge is 0.254 e. The van der Waals surface area contributed by atoms with E-state index in [4.69, 9.17) is 14.2 Å². The molecule has 0 N–H and O–H groups in total. The molecule has 0 bridgehead atoms. The van der Waals surface area contributed by atoms with E-state index in [-0.39, 0.29) is 5.91 Å². The van der Waals surface area contributed by atoms with Crippen molar-refractivity contribution in [3.05, 3.63) is 53.6 Å². The van der Waals surface area contributed by atoms with Gasteiger partial charge in [-0.1, -0.05) is 12.1 Å². The van der Waals surface area contributed by atoms with Crippen LogP contribution in [0, 0.1) is 0 Å². The van der Waals surface area contributed by atoms with E-state index in [1.807, 2.05) is 17.0 Å². The van der Waals surface area contributed by atoms with E-state index in [0.717, 1.165) is 18.7 Å². The van der Waals surface area contributed by atoms with E-state index in [2.05, 4.69) is 12.1 Å². The Morgan fingerprint density at radius 3 is 2.08 bits per heavy atom. The van der Waals surface area contributed by atoms with Gasteiger partial charge >= 0.3 is 0 Å². The molecule has 0 spiro atoms. The Balaban J connectivity index is 1.73. The highest BCUT2D eigenvalue weighted by molar-refractivity contribution is 5.95. The fourth-order valence-electron chi connectivity index (χ4n) is 3.21. The van der Waals surface area contributed by atoms with Gasteiger partial charge in [0.2, 0.25) is 0 Å². The Bertz CT molecular complexity index is 720. The van der Waals surface area contributed by atoms with Gasteiger partial charge in [-0.3, -0.25) is 4.79 Å². The number of hydrogen-bond acceptors (Lipinski definition) is 4. The van der Waals surface area contributed by atoms with Crippen molar-refractivity contribution in [2.45, 2.75) is 12.3 Å². The molecule has 0 aliphatic carbocycles. The first-order valence-electron chi connectivity index (χ1n) is 8.31. The van der Waals surface area contributed by atoms with Gasteiger partial charge in [-0.25, -0.2) is 0 Å². The van der Waals surface area contributed by atoms with Crippen LogP contribution in [0.3, 0.4) is 0 Å². The van der Waals surface area contributed by atoms with E-state index < -0.39 is 0 Å². The predicted octanol–water partition coefficient (Wildman–Crippen LogP) is 3.34. The topological polar surface area (TPSA) is 48.0 Å². The summed E-state index contributed by atoms with van der Waals surface area (Å²) in [6.45, 7) is 1.46. The average Bonchev–Trinajstić information content (AvgIpc) is 3.17. The second-order valence-corrected chi connectivity index (χ2v) is 6.11. The number of rotatable bonds is 5. The molecule has 1 atom stereocenters. The normalized spacial score (nSPS) is 16.6. The van der Waals surface area contributed by atoms with Gasteiger partial charge in [-0.2, -0.15) is 0 Å². The largest absolute Gasteiger partial charge is 0.497 e. The zero-order chi connectivity index (χ0) is 17.8. The lowest BCUT2D eigenvalue weighted by molar-refractivity contribution is 0.0790.